The predicted octanol–water partition coefficient (Wildman–Crippen LogP) is 7.63. The number of hydrogen-bond acceptors (Lipinski definition) is 12. The minimum atomic E-state index is -0.207. The van der Waals surface area contributed by atoms with Crippen LogP contribution in [0.4, 0.5) is 0 Å². The molecular weight excluding hydrogens is 604 g/mol. The number of hydrogen-bond donors (Lipinski definition) is 0. The van der Waals surface area contributed by atoms with Gasteiger partial charge in [-0.3, -0.25) is 0 Å². The molecular formula is C36H36N10O2. The third kappa shape index (κ3) is 7.30. The SMILES string of the molecule is CCCCCCCCOc1cc2nc3c4nc(C#N)c(C#N)nc4c4nc(C#N)c(C#N)nc4c3nc2cc1OCCCCCCCC. The maximum absolute atomic E-state index is 9.71. The minimum Gasteiger partial charge on any atom is -0.490 e. The van der Waals surface area contributed by atoms with Crippen molar-refractivity contribution in [3.05, 3.63) is 34.9 Å². The van der Waals surface area contributed by atoms with Crippen molar-refractivity contribution < 1.29 is 9.47 Å². The number of nitriles is 4. The van der Waals surface area contributed by atoms with E-state index in [-0.39, 0.29) is 55.9 Å². The lowest BCUT2D eigenvalue weighted by atomic mass is 10.1. The summed E-state index contributed by atoms with van der Waals surface area (Å²) >= 11 is 0. The van der Waals surface area contributed by atoms with Gasteiger partial charge in [-0.1, -0.05) is 78.1 Å². The first-order valence-electron chi connectivity index (χ1n) is 16.6. The molecule has 5 rings (SSSR count). The van der Waals surface area contributed by atoms with Gasteiger partial charge in [0.2, 0.25) is 0 Å². The fourth-order valence-corrected chi connectivity index (χ4v) is 5.59. The zero-order valence-corrected chi connectivity index (χ0v) is 27.3. The molecule has 242 valence electrons. The van der Waals surface area contributed by atoms with Crippen LogP contribution in [0, 0.1) is 45.3 Å². The molecule has 12 heteroatoms. The van der Waals surface area contributed by atoms with Gasteiger partial charge in [-0.15, -0.1) is 0 Å². The second kappa shape index (κ2) is 16.2. The van der Waals surface area contributed by atoms with Crippen LogP contribution in [0.25, 0.3) is 44.1 Å². The van der Waals surface area contributed by atoms with E-state index in [9.17, 15) is 21.0 Å². The van der Waals surface area contributed by atoms with Crippen molar-refractivity contribution in [2.45, 2.75) is 90.9 Å². The second-order valence-electron chi connectivity index (χ2n) is 11.6. The summed E-state index contributed by atoms with van der Waals surface area (Å²) in [4.78, 5) is 27.4. The minimum absolute atomic E-state index is 0.119. The van der Waals surface area contributed by atoms with Crippen molar-refractivity contribution in [2.75, 3.05) is 13.2 Å². The zero-order chi connectivity index (χ0) is 33.9. The Morgan fingerprint density at radius 1 is 0.438 bits per heavy atom. The topological polar surface area (TPSA) is 191 Å². The smallest absolute Gasteiger partial charge is 0.177 e. The van der Waals surface area contributed by atoms with E-state index in [2.05, 4.69) is 33.8 Å². The molecule has 0 aliphatic rings. The third-order valence-corrected chi connectivity index (χ3v) is 8.13. The highest BCUT2D eigenvalue weighted by Gasteiger charge is 2.22. The van der Waals surface area contributed by atoms with Crippen molar-refractivity contribution in [3.63, 3.8) is 0 Å². The zero-order valence-electron chi connectivity index (χ0n) is 27.3. The first-order valence-corrected chi connectivity index (χ1v) is 16.6. The third-order valence-electron chi connectivity index (χ3n) is 8.13. The number of aromatic nitrogens is 6. The van der Waals surface area contributed by atoms with Crippen LogP contribution >= 0.6 is 0 Å². The molecule has 12 nitrogen and oxygen atoms in total. The molecule has 0 unspecified atom stereocenters. The molecule has 2 aromatic carbocycles. The highest BCUT2D eigenvalue weighted by molar-refractivity contribution is 6.19. The summed E-state index contributed by atoms with van der Waals surface area (Å²) in [6.07, 6.45) is 13.6. The molecule has 0 amide bonds. The van der Waals surface area contributed by atoms with E-state index in [0.717, 1.165) is 25.7 Å². The van der Waals surface area contributed by atoms with Crippen LogP contribution in [0.3, 0.4) is 0 Å². The summed E-state index contributed by atoms with van der Waals surface area (Å²) in [5, 5.41) is 38.7. The Labute approximate surface area is 279 Å². The van der Waals surface area contributed by atoms with Crippen LogP contribution in [0.1, 0.15) is 114 Å². The average Bonchev–Trinajstić information content (AvgIpc) is 3.12. The number of benzene rings is 2. The highest BCUT2D eigenvalue weighted by atomic mass is 16.5. The molecule has 0 fully saturated rings. The van der Waals surface area contributed by atoms with Crippen LogP contribution < -0.4 is 9.47 Å². The summed E-state index contributed by atoms with van der Waals surface area (Å²) in [5.74, 6) is 1.11. The van der Waals surface area contributed by atoms with Gasteiger partial charge in [0, 0.05) is 12.1 Å². The van der Waals surface area contributed by atoms with Crippen LogP contribution in [0.15, 0.2) is 12.1 Å². The Morgan fingerprint density at radius 2 is 0.729 bits per heavy atom. The van der Waals surface area contributed by atoms with Crippen molar-refractivity contribution in [2.24, 2.45) is 0 Å². The molecule has 5 aromatic rings. The fourth-order valence-electron chi connectivity index (χ4n) is 5.59. The van der Waals surface area contributed by atoms with Crippen LogP contribution in [-0.4, -0.2) is 43.1 Å². The number of rotatable bonds is 16. The van der Waals surface area contributed by atoms with Crippen LogP contribution in [-0.2, 0) is 0 Å². The largest absolute Gasteiger partial charge is 0.490 e. The molecule has 0 radical (unpaired) electrons. The van der Waals surface area contributed by atoms with Gasteiger partial charge in [0.05, 0.1) is 24.2 Å². The number of unbranched alkanes of at least 4 members (excludes halogenated alkanes) is 10. The van der Waals surface area contributed by atoms with Gasteiger partial charge in [-0.2, -0.15) is 21.0 Å². The Morgan fingerprint density at radius 3 is 1.04 bits per heavy atom. The van der Waals surface area contributed by atoms with E-state index < -0.39 is 0 Å². The quantitative estimate of drug-likeness (QED) is 0.0582. The summed E-state index contributed by atoms with van der Waals surface area (Å²) in [6, 6.07) is 11.2. The van der Waals surface area contributed by atoms with E-state index in [1.54, 1.807) is 12.1 Å². The summed E-state index contributed by atoms with van der Waals surface area (Å²) < 4.78 is 12.5. The van der Waals surface area contributed by atoms with E-state index in [4.69, 9.17) is 19.4 Å². The Kier molecular flexibility index (Phi) is 11.4. The molecule has 0 bridgehead atoms. The summed E-state index contributed by atoms with van der Waals surface area (Å²) in [7, 11) is 0. The van der Waals surface area contributed by atoms with E-state index in [1.807, 2.05) is 24.3 Å². The molecule has 3 heterocycles. The van der Waals surface area contributed by atoms with E-state index >= 15 is 0 Å². The lowest BCUT2D eigenvalue weighted by Gasteiger charge is -2.15. The molecule has 0 atom stereocenters. The van der Waals surface area contributed by atoms with E-state index in [1.165, 1.54) is 51.4 Å². The van der Waals surface area contributed by atoms with Crippen LogP contribution in [0.5, 0.6) is 11.5 Å². The van der Waals surface area contributed by atoms with Crippen molar-refractivity contribution >= 4 is 44.1 Å². The number of fused-ring (bicyclic) bond motifs is 7. The standard InChI is InChI=1S/C36H36N10O2/c1-3-5-7-9-11-13-15-47-29-17-23-24(18-30(29)48-16-14-12-10-8-6-4-2)42-32-31(41-23)33-35(45-27(21-39)25(19-37)43-33)36-34(32)44-26(20-38)28(22-40)46-36/h17-18H,3-16H2,1-2H3. The second-order valence-corrected chi connectivity index (χ2v) is 11.6. The van der Waals surface area contributed by atoms with Gasteiger partial charge in [0.25, 0.3) is 0 Å². The fraction of sp³-hybridized carbons (Fsp3) is 0.444. The molecule has 0 aliphatic carbocycles. The summed E-state index contributed by atoms with van der Waals surface area (Å²) in [5.41, 5.74) is 1.27. The Bertz CT molecular complexity index is 1990. The molecule has 0 aliphatic heterocycles. The first kappa shape index (κ1) is 33.6. The Hall–Kier alpha value is -5.72. The van der Waals surface area contributed by atoms with E-state index in [0.29, 0.717) is 35.7 Å². The first-order chi connectivity index (χ1) is 23.6. The normalized spacial score (nSPS) is 11.0. The van der Waals surface area contributed by atoms with Gasteiger partial charge in [0.1, 0.15) is 57.4 Å². The highest BCUT2D eigenvalue weighted by Crippen LogP contribution is 2.36. The van der Waals surface area contributed by atoms with Crippen molar-refractivity contribution in [1.82, 2.24) is 29.9 Å². The lowest BCUT2D eigenvalue weighted by Crippen LogP contribution is -2.05. The molecule has 48 heavy (non-hydrogen) atoms. The number of nitrogens with zero attached hydrogens (tertiary/aromatic N) is 10. The average molecular weight is 641 g/mol. The number of ether oxygens (including phenoxy) is 2. The molecule has 0 saturated carbocycles. The monoisotopic (exact) mass is 640 g/mol. The molecule has 0 N–H and O–H groups in total. The Balaban J connectivity index is 1.63. The summed E-state index contributed by atoms with van der Waals surface area (Å²) in [6.45, 7) is 5.46. The maximum atomic E-state index is 9.71. The van der Waals surface area contributed by atoms with Gasteiger partial charge in [-0.05, 0) is 12.8 Å². The molecule has 0 spiro atoms. The van der Waals surface area contributed by atoms with Crippen molar-refractivity contribution in [1.29, 1.82) is 21.0 Å². The molecule has 0 saturated heterocycles. The van der Waals surface area contributed by atoms with Gasteiger partial charge in [0.15, 0.2) is 34.3 Å². The van der Waals surface area contributed by atoms with Crippen molar-refractivity contribution in [3.8, 4) is 35.8 Å². The molecule has 3 aromatic heterocycles. The maximum Gasteiger partial charge on any atom is 0.177 e. The van der Waals surface area contributed by atoms with Crippen LogP contribution in [0.2, 0.25) is 0 Å². The lowest BCUT2D eigenvalue weighted by molar-refractivity contribution is 0.259. The van der Waals surface area contributed by atoms with Gasteiger partial charge in [-0.25, -0.2) is 29.9 Å². The van der Waals surface area contributed by atoms with Gasteiger partial charge < -0.3 is 9.47 Å². The van der Waals surface area contributed by atoms with Gasteiger partial charge >= 0.3 is 0 Å². The predicted molar refractivity (Wildman–Crippen MR) is 180 cm³/mol.